The minimum Gasteiger partial charge on any atom is -0.454 e. The van der Waals surface area contributed by atoms with Crippen molar-refractivity contribution in [1.29, 1.82) is 0 Å². The molecule has 3 heterocycles. The van der Waals surface area contributed by atoms with Gasteiger partial charge in [0.2, 0.25) is 0 Å². The predicted octanol–water partition coefficient (Wildman–Crippen LogP) is 18.4. The van der Waals surface area contributed by atoms with E-state index in [9.17, 15) is 0 Å². The first-order valence-corrected chi connectivity index (χ1v) is 24.7. The molecule has 0 radical (unpaired) electrons. The van der Waals surface area contributed by atoms with Crippen LogP contribution in [-0.4, -0.2) is 10.3 Å². The van der Waals surface area contributed by atoms with E-state index >= 15 is 0 Å². The number of rotatable bonds is 9. The van der Waals surface area contributed by atoms with Crippen LogP contribution in [0.2, 0.25) is 0 Å². The average Bonchev–Trinajstić information content (AvgIpc) is 4.06. The summed E-state index contributed by atoms with van der Waals surface area (Å²) in [4.78, 5) is 6.02. The first-order valence-electron chi connectivity index (χ1n) is 23.8. The van der Waals surface area contributed by atoms with Crippen molar-refractivity contribution in [3.63, 3.8) is 0 Å². The summed E-state index contributed by atoms with van der Waals surface area (Å²) >= 11 is 1.88. The Labute approximate surface area is 398 Å². The molecule has 0 saturated heterocycles. The molecule has 0 spiro atoms. The summed E-state index contributed by atoms with van der Waals surface area (Å²) < 4.78 is 12.1. The molecular formula is C64H48N2OS. The van der Waals surface area contributed by atoms with Crippen LogP contribution in [0, 0.1) is 5.92 Å². The quantitative estimate of drug-likeness (QED) is 0.105. The van der Waals surface area contributed by atoms with Crippen LogP contribution >= 0.6 is 11.3 Å². The molecule has 3 unspecified atom stereocenters. The predicted molar refractivity (Wildman–Crippen MR) is 293 cm³/mol. The highest BCUT2D eigenvalue weighted by molar-refractivity contribution is 7.26. The van der Waals surface area contributed by atoms with Gasteiger partial charge >= 0.3 is 0 Å². The van der Waals surface area contributed by atoms with Gasteiger partial charge in [0.1, 0.15) is 5.58 Å². The van der Waals surface area contributed by atoms with Crippen molar-refractivity contribution in [3.05, 3.63) is 223 Å². The Morgan fingerprint density at radius 3 is 2.03 bits per heavy atom. The van der Waals surface area contributed by atoms with Crippen LogP contribution in [0.1, 0.15) is 55.8 Å². The number of furan rings is 1. The highest BCUT2D eigenvalue weighted by Crippen LogP contribution is 2.46. The summed E-state index contributed by atoms with van der Waals surface area (Å²) in [6.07, 6.45) is 0.882. The van der Waals surface area contributed by atoms with Gasteiger partial charge in [0.25, 0.3) is 0 Å². The van der Waals surface area contributed by atoms with E-state index in [1.165, 1.54) is 80.0 Å². The normalized spacial score (nSPS) is 13.8. The fourth-order valence-corrected chi connectivity index (χ4v) is 12.6. The lowest BCUT2D eigenvalue weighted by molar-refractivity contribution is 0.553. The first-order chi connectivity index (χ1) is 33.4. The standard InChI is InChI=1S/C64H48N2OS/c1-5-45(62(52-29-17-28-51-49-26-13-15-31-59(49)68-64(51)52)65-61(38(2)3)50-27-16-22-40-18-8-10-23-46(40)50)39(4)44-35-53-48-25-12-14-30-58(48)67-63(53)57(37-44)66-55-33-32-41-19-9-11-24-47(41)60(55)54-34-42-20-6-7-21-43(42)36-56(54)66/h6-37,39,45,61H,2,5H2,1,3-4H3/b65-62+. The number of aromatic nitrogens is 1. The Morgan fingerprint density at radius 2 is 1.24 bits per heavy atom. The number of benzene rings is 10. The molecule has 0 bridgehead atoms. The topological polar surface area (TPSA) is 30.4 Å². The van der Waals surface area contributed by atoms with E-state index in [1.807, 2.05) is 11.3 Å². The molecule has 3 nitrogen and oxygen atoms in total. The monoisotopic (exact) mass is 892 g/mol. The molecule has 10 aromatic carbocycles. The van der Waals surface area contributed by atoms with E-state index < -0.39 is 0 Å². The summed E-state index contributed by atoms with van der Waals surface area (Å²) in [6.45, 7) is 11.5. The average molecular weight is 893 g/mol. The summed E-state index contributed by atoms with van der Waals surface area (Å²) in [6, 6.07) is 70.9. The van der Waals surface area contributed by atoms with Crippen LogP contribution in [0.4, 0.5) is 0 Å². The summed E-state index contributed by atoms with van der Waals surface area (Å²) in [5.41, 5.74) is 10.9. The third-order valence-electron chi connectivity index (χ3n) is 14.7. The van der Waals surface area contributed by atoms with E-state index in [4.69, 9.17) is 9.41 Å². The molecule has 0 fully saturated rings. The van der Waals surface area contributed by atoms with Crippen LogP contribution in [-0.2, 0) is 0 Å². The van der Waals surface area contributed by atoms with Crippen molar-refractivity contribution in [2.45, 2.75) is 39.2 Å². The van der Waals surface area contributed by atoms with Gasteiger partial charge in [-0.25, -0.2) is 0 Å². The number of para-hydroxylation sites is 1. The van der Waals surface area contributed by atoms with Crippen LogP contribution < -0.4 is 0 Å². The SMILES string of the molecule is C=C(C)C(/N=C(/c1cccc2c1sc1ccccc12)C(CC)C(C)c1cc(-n2c3cc4ccccc4cc3c3c4ccccc4ccc32)c2oc3ccccc3c2c1)c1cccc2ccccc12. The Bertz CT molecular complexity index is 4210. The molecule has 4 heteroatoms. The summed E-state index contributed by atoms with van der Waals surface area (Å²) in [5.74, 6) is 0.0883. The van der Waals surface area contributed by atoms with Gasteiger partial charge in [-0.15, -0.1) is 11.3 Å². The molecule has 326 valence electrons. The Morgan fingerprint density at radius 1 is 0.588 bits per heavy atom. The van der Waals surface area contributed by atoms with Crippen LogP contribution in [0.25, 0.3) is 102 Å². The Balaban J connectivity index is 1.09. The Hall–Kier alpha value is -7.79. The zero-order valence-corrected chi connectivity index (χ0v) is 39.1. The second kappa shape index (κ2) is 15.9. The maximum Gasteiger partial charge on any atom is 0.159 e. The van der Waals surface area contributed by atoms with Crippen LogP contribution in [0.5, 0.6) is 0 Å². The summed E-state index contributed by atoms with van der Waals surface area (Å²) in [5, 5.41) is 14.6. The van der Waals surface area contributed by atoms with E-state index in [0.29, 0.717) is 0 Å². The van der Waals surface area contributed by atoms with E-state index in [1.54, 1.807) is 0 Å². The van der Waals surface area contributed by atoms with Gasteiger partial charge < -0.3 is 8.98 Å². The van der Waals surface area contributed by atoms with Crippen molar-refractivity contribution in [3.8, 4) is 5.69 Å². The van der Waals surface area contributed by atoms with Gasteiger partial charge in [0, 0.05) is 58.9 Å². The van der Waals surface area contributed by atoms with Crippen molar-refractivity contribution in [1.82, 2.24) is 4.57 Å². The van der Waals surface area contributed by atoms with Crippen LogP contribution in [0.15, 0.2) is 216 Å². The van der Waals surface area contributed by atoms with Gasteiger partial charge in [-0.1, -0.05) is 178 Å². The first kappa shape index (κ1) is 40.5. The molecule has 0 saturated carbocycles. The molecule has 0 amide bonds. The molecule has 0 aliphatic heterocycles. The van der Waals surface area contributed by atoms with E-state index in [0.717, 1.165) is 56.4 Å². The molecule has 13 rings (SSSR count). The van der Waals surface area contributed by atoms with Crippen molar-refractivity contribution >= 4 is 113 Å². The second-order valence-corrected chi connectivity index (χ2v) is 19.7. The summed E-state index contributed by atoms with van der Waals surface area (Å²) in [7, 11) is 0. The van der Waals surface area contributed by atoms with Gasteiger partial charge in [-0.3, -0.25) is 4.99 Å². The number of fused-ring (bicyclic) bond motifs is 13. The molecule has 0 aliphatic rings. The maximum absolute atomic E-state index is 7.01. The van der Waals surface area contributed by atoms with E-state index in [-0.39, 0.29) is 17.9 Å². The molecule has 68 heavy (non-hydrogen) atoms. The van der Waals surface area contributed by atoms with E-state index in [2.05, 4.69) is 226 Å². The zero-order valence-electron chi connectivity index (χ0n) is 38.3. The lowest BCUT2D eigenvalue weighted by atomic mass is 9.79. The van der Waals surface area contributed by atoms with Gasteiger partial charge in [-0.05, 0) is 105 Å². The zero-order chi connectivity index (χ0) is 45.6. The third-order valence-corrected chi connectivity index (χ3v) is 15.9. The van der Waals surface area contributed by atoms with Gasteiger partial charge in [0.15, 0.2) is 5.58 Å². The number of nitrogens with zero attached hydrogens (tertiary/aromatic N) is 2. The number of hydrogen-bond acceptors (Lipinski definition) is 3. The fourth-order valence-electron chi connectivity index (χ4n) is 11.4. The largest absolute Gasteiger partial charge is 0.454 e. The molecular weight excluding hydrogens is 845 g/mol. The minimum atomic E-state index is -0.250. The van der Waals surface area contributed by atoms with Crippen molar-refractivity contribution in [2.24, 2.45) is 10.9 Å². The number of hydrogen-bond donors (Lipinski definition) is 0. The molecule has 3 atom stereocenters. The fraction of sp³-hybridized carbons (Fsp3) is 0.109. The lowest BCUT2D eigenvalue weighted by Crippen LogP contribution is -2.23. The molecule has 3 aromatic heterocycles. The smallest absolute Gasteiger partial charge is 0.159 e. The van der Waals surface area contributed by atoms with Crippen LogP contribution in [0.3, 0.4) is 0 Å². The molecule has 13 aromatic rings. The molecule has 0 N–H and O–H groups in total. The maximum atomic E-state index is 7.01. The molecule has 0 aliphatic carbocycles. The van der Waals surface area contributed by atoms with Gasteiger partial charge in [0.05, 0.1) is 22.8 Å². The Kier molecular flexibility index (Phi) is 9.49. The third kappa shape index (κ3) is 6.28. The van der Waals surface area contributed by atoms with Gasteiger partial charge in [-0.2, -0.15) is 0 Å². The number of aliphatic imine (C=N–C) groups is 1. The minimum absolute atomic E-state index is 0.0390. The lowest BCUT2D eigenvalue weighted by Gasteiger charge is -2.28. The second-order valence-electron chi connectivity index (χ2n) is 18.7. The van der Waals surface area contributed by atoms with Crippen molar-refractivity contribution in [2.75, 3.05) is 0 Å². The highest BCUT2D eigenvalue weighted by Gasteiger charge is 2.30. The van der Waals surface area contributed by atoms with Crippen molar-refractivity contribution < 1.29 is 4.42 Å². The number of thiophene rings is 1. The highest BCUT2D eigenvalue weighted by atomic mass is 32.1.